The van der Waals surface area contributed by atoms with Gasteiger partial charge in [-0.15, -0.1) is 0 Å². The number of hydrogen-bond acceptors (Lipinski definition) is 4. The summed E-state index contributed by atoms with van der Waals surface area (Å²) in [7, 11) is -1.97. The van der Waals surface area contributed by atoms with E-state index in [1.165, 1.54) is 29.2 Å². The molecule has 0 spiro atoms. The maximum Gasteiger partial charge on any atom is 0.253 e. The Morgan fingerprint density at radius 2 is 1.76 bits per heavy atom. The van der Waals surface area contributed by atoms with Crippen molar-refractivity contribution in [2.75, 3.05) is 13.7 Å². The third-order valence-electron chi connectivity index (χ3n) is 3.05. The summed E-state index contributed by atoms with van der Waals surface area (Å²) in [6, 6.07) is 5.23. The molecule has 6 nitrogen and oxygen atoms in total. The standard InChI is InChI=1S/C14H22N2O4S/c1-10(2)15-21(19,20)13-7-5-12(6-8-13)14(18)16(4)11(3)9-17/h5-8,10-11,15,17H,9H2,1-4H3. The maximum atomic E-state index is 12.1. The summed E-state index contributed by atoms with van der Waals surface area (Å²) in [6.07, 6.45) is 0. The number of aliphatic hydroxyl groups excluding tert-OH is 1. The van der Waals surface area contributed by atoms with E-state index in [1.807, 2.05) is 0 Å². The van der Waals surface area contributed by atoms with Crippen molar-refractivity contribution in [3.8, 4) is 0 Å². The van der Waals surface area contributed by atoms with Gasteiger partial charge in [-0.3, -0.25) is 4.79 Å². The Morgan fingerprint density at radius 1 is 1.24 bits per heavy atom. The Bertz CT molecular complexity index is 581. The molecule has 1 unspecified atom stereocenters. The number of carbonyl (C=O) groups is 1. The quantitative estimate of drug-likeness (QED) is 0.814. The first kappa shape index (κ1) is 17.6. The van der Waals surface area contributed by atoms with E-state index in [4.69, 9.17) is 5.11 Å². The average Bonchev–Trinajstić information content (AvgIpc) is 2.43. The van der Waals surface area contributed by atoms with Gasteiger partial charge in [0.25, 0.3) is 5.91 Å². The molecule has 1 amide bonds. The summed E-state index contributed by atoms with van der Waals surface area (Å²) < 4.78 is 26.4. The predicted molar refractivity (Wildman–Crippen MR) is 80.5 cm³/mol. The van der Waals surface area contributed by atoms with Crippen LogP contribution in [0.15, 0.2) is 29.2 Å². The lowest BCUT2D eigenvalue weighted by Crippen LogP contribution is -2.37. The van der Waals surface area contributed by atoms with Crippen LogP contribution < -0.4 is 4.72 Å². The molecular weight excluding hydrogens is 292 g/mol. The van der Waals surface area contributed by atoms with Crippen molar-refractivity contribution in [1.82, 2.24) is 9.62 Å². The number of benzene rings is 1. The van der Waals surface area contributed by atoms with Crippen LogP contribution in [0.3, 0.4) is 0 Å². The van der Waals surface area contributed by atoms with Crippen LogP contribution in [0.25, 0.3) is 0 Å². The molecule has 0 aliphatic carbocycles. The fourth-order valence-electron chi connectivity index (χ4n) is 1.68. The monoisotopic (exact) mass is 314 g/mol. The number of nitrogens with zero attached hydrogens (tertiary/aromatic N) is 1. The normalized spacial score (nSPS) is 13.2. The van der Waals surface area contributed by atoms with Gasteiger partial charge in [-0.05, 0) is 45.0 Å². The molecule has 1 atom stereocenters. The second kappa shape index (κ2) is 7.02. The molecule has 7 heteroatoms. The van der Waals surface area contributed by atoms with Gasteiger partial charge in [0.15, 0.2) is 0 Å². The Balaban J connectivity index is 2.95. The highest BCUT2D eigenvalue weighted by Crippen LogP contribution is 2.13. The molecule has 1 aromatic rings. The highest BCUT2D eigenvalue weighted by Gasteiger charge is 2.19. The Hall–Kier alpha value is -1.44. The minimum Gasteiger partial charge on any atom is -0.394 e. The zero-order chi connectivity index (χ0) is 16.2. The van der Waals surface area contributed by atoms with E-state index in [1.54, 1.807) is 27.8 Å². The molecule has 0 fully saturated rings. The van der Waals surface area contributed by atoms with Gasteiger partial charge in [-0.1, -0.05) is 0 Å². The van der Waals surface area contributed by atoms with Crippen LogP contribution >= 0.6 is 0 Å². The first-order valence-electron chi connectivity index (χ1n) is 6.69. The van der Waals surface area contributed by atoms with Crippen molar-refractivity contribution in [3.05, 3.63) is 29.8 Å². The molecule has 2 N–H and O–H groups in total. The number of nitrogens with one attached hydrogen (secondary N) is 1. The molecule has 0 heterocycles. The molecule has 0 bridgehead atoms. The number of amides is 1. The smallest absolute Gasteiger partial charge is 0.253 e. The van der Waals surface area contributed by atoms with Crippen molar-refractivity contribution in [3.63, 3.8) is 0 Å². The fourth-order valence-corrected chi connectivity index (χ4v) is 2.93. The number of likely N-dealkylation sites (N-methyl/N-ethyl adjacent to an activating group) is 1. The summed E-state index contributed by atoms with van der Waals surface area (Å²) in [5, 5.41) is 9.05. The first-order valence-corrected chi connectivity index (χ1v) is 8.17. The molecule has 1 aromatic carbocycles. The first-order chi connectivity index (χ1) is 9.69. The van der Waals surface area contributed by atoms with Crippen LogP contribution in [0, 0.1) is 0 Å². The van der Waals surface area contributed by atoms with Crippen molar-refractivity contribution >= 4 is 15.9 Å². The van der Waals surface area contributed by atoms with Gasteiger partial charge in [0.1, 0.15) is 0 Å². The molecule has 0 saturated carbocycles. The van der Waals surface area contributed by atoms with Crippen LogP contribution in [0.1, 0.15) is 31.1 Å². The highest BCUT2D eigenvalue weighted by atomic mass is 32.2. The van der Waals surface area contributed by atoms with Gasteiger partial charge in [0.05, 0.1) is 17.5 Å². The van der Waals surface area contributed by atoms with Gasteiger partial charge >= 0.3 is 0 Å². The zero-order valence-corrected chi connectivity index (χ0v) is 13.5. The van der Waals surface area contributed by atoms with Crippen molar-refractivity contribution < 1.29 is 18.3 Å². The fraction of sp³-hybridized carbons (Fsp3) is 0.500. The van der Waals surface area contributed by atoms with Crippen LogP contribution in [0.2, 0.25) is 0 Å². The highest BCUT2D eigenvalue weighted by molar-refractivity contribution is 7.89. The third kappa shape index (κ3) is 4.52. The minimum absolute atomic E-state index is 0.116. The largest absolute Gasteiger partial charge is 0.394 e. The lowest BCUT2D eigenvalue weighted by Gasteiger charge is -2.23. The molecular formula is C14H22N2O4S. The average molecular weight is 314 g/mol. The second-order valence-electron chi connectivity index (χ2n) is 5.25. The lowest BCUT2D eigenvalue weighted by atomic mass is 10.2. The molecule has 1 rings (SSSR count). The predicted octanol–water partition coefficient (Wildman–Crippen LogP) is 0.826. The van der Waals surface area contributed by atoms with E-state index < -0.39 is 10.0 Å². The number of carbonyl (C=O) groups excluding carboxylic acids is 1. The van der Waals surface area contributed by atoms with Crippen LogP contribution in [-0.4, -0.2) is 50.1 Å². The minimum atomic E-state index is -3.56. The molecule has 0 aromatic heterocycles. The van der Waals surface area contributed by atoms with Crippen LogP contribution in [0.4, 0.5) is 0 Å². The zero-order valence-electron chi connectivity index (χ0n) is 12.7. The molecule has 0 radical (unpaired) electrons. The van der Waals surface area contributed by atoms with Crippen molar-refractivity contribution in [2.45, 2.75) is 37.8 Å². The SMILES string of the molecule is CC(C)NS(=O)(=O)c1ccc(C(=O)N(C)C(C)CO)cc1. The summed E-state index contributed by atoms with van der Waals surface area (Å²) in [5.74, 6) is -0.266. The maximum absolute atomic E-state index is 12.1. The van der Waals surface area contributed by atoms with Gasteiger partial charge < -0.3 is 10.0 Å². The third-order valence-corrected chi connectivity index (χ3v) is 4.72. The van der Waals surface area contributed by atoms with Gasteiger partial charge in [-0.25, -0.2) is 13.1 Å². The van der Waals surface area contributed by atoms with E-state index in [9.17, 15) is 13.2 Å². The number of sulfonamides is 1. The number of rotatable bonds is 6. The van der Waals surface area contributed by atoms with E-state index in [0.717, 1.165) is 0 Å². The van der Waals surface area contributed by atoms with E-state index >= 15 is 0 Å². The molecule has 118 valence electrons. The van der Waals surface area contributed by atoms with Gasteiger partial charge in [0, 0.05) is 18.7 Å². The molecule has 0 aliphatic rings. The summed E-state index contributed by atoms with van der Waals surface area (Å²) >= 11 is 0. The van der Waals surface area contributed by atoms with Crippen molar-refractivity contribution in [2.24, 2.45) is 0 Å². The van der Waals surface area contributed by atoms with Crippen molar-refractivity contribution in [1.29, 1.82) is 0 Å². The van der Waals surface area contributed by atoms with Crippen LogP contribution in [0.5, 0.6) is 0 Å². The Morgan fingerprint density at radius 3 is 2.19 bits per heavy atom. The van der Waals surface area contributed by atoms with Gasteiger partial charge in [0.2, 0.25) is 10.0 Å². The summed E-state index contributed by atoms with van der Waals surface area (Å²) in [5.41, 5.74) is 0.376. The van der Waals surface area contributed by atoms with E-state index in [0.29, 0.717) is 5.56 Å². The molecule has 21 heavy (non-hydrogen) atoms. The Labute approximate surface area is 125 Å². The summed E-state index contributed by atoms with van der Waals surface area (Å²) in [6.45, 7) is 5.07. The number of hydrogen-bond donors (Lipinski definition) is 2. The number of aliphatic hydroxyl groups is 1. The Kier molecular flexibility index (Phi) is 5.88. The van der Waals surface area contributed by atoms with E-state index in [-0.39, 0.29) is 29.5 Å². The van der Waals surface area contributed by atoms with Gasteiger partial charge in [-0.2, -0.15) is 0 Å². The second-order valence-corrected chi connectivity index (χ2v) is 6.96. The lowest BCUT2D eigenvalue weighted by molar-refractivity contribution is 0.0682. The van der Waals surface area contributed by atoms with Crippen LogP contribution in [-0.2, 0) is 10.0 Å². The van der Waals surface area contributed by atoms with E-state index in [2.05, 4.69) is 4.72 Å². The summed E-state index contributed by atoms with van der Waals surface area (Å²) in [4.78, 5) is 13.7. The molecule has 0 aliphatic heterocycles. The molecule has 0 saturated heterocycles. The topological polar surface area (TPSA) is 86.7 Å².